The smallest absolute Gasteiger partial charge is 0.192 e. The van der Waals surface area contributed by atoms with Crippen molar-refractivity contribution in [1.29, 1.82) is 0 Å². The van der Waals surface area contributed by atoms with Crippen molar-refractivity contribution < 1.29 is 9.18 Å². The number of thioether (sulfide) groups is 1. The summed E-state index contributed by atoms with van der Waals surface area (Å²) < 4.78 is 15.0. The third kappa shape index (κ3) is 4.52. The minimum absolute atomic E-state index is 0.0409. The third-order valence-corrected chi connectivity index (χ3v) is 5.11. The van der Waals surface area contributed by atoms with Crippen LogP contribution in [-0.4, -0.2) is 26.3 Å². The first-order chi connectivity index (χ1) is 13.1. The third-order valence-electron chi connectivity index (χ3n) is 4.15. The molecule has 0 spiro atoms. The fourth-order valence-electron chi connectivity index (χ4n) is 2.64. The summed E-state index contributed by atoms with van der Waals surface area (Å²) in [4.78, 5) is 12.5. The molecule has 1 aromatic heterocycles. The van der Waals surface area contributed by atoms with Crippen LogP contribution in [0.15, 0.2) is 66.3 Å². The van der Waals surface area contributed by atoms with Crippen LogP contribution in [0.4, 0.5) is 4.39 Å². The number of rotatable bonds is 8. The molecule has 2 aromatic carbocycles. The highest BCUT2D eigenvalue weighted by atomic mass is 32.2. The summed E-state index contributed by atoms with van der Waals surface area (Å²) in [6, 6.07) is 13.8. The standard InChI is InChI=1S/C21H20FN3OS/c1-3-13-25-20(17-9-11-18(22)12-10-17)23-24-21(25)27-14-19(26)16-7-5-15(4-2)6-8-16/h3,5-12H,1,4,13-14H2,2H3. The van der Waals surface area contributed by atoms with Crippen molar-refractivity contribution in [3.05, 3.63) is 78.1 Å². The Morgan fingerprint density at radius 3 is 2.48 bits per heavy atom. The Bertz CT molecular complexity index is 933. The lowest BCUT2D eigenvalue weighted by atomic mass is 10.1. The summed E-state index contributed by atoms with van der Waals surface area (Å²) in [6.07, 6.45) is 2.69. The number of nitrogens with zero attached hydrogens (tertiary/aromatic N) is 3. The summed E-state index contributed by atoms with van der Waals surface area (Å²) in [5, 5.41) is 9.06. The van der Waals surface area contributed by atoms with Crippen molar-refractivity contribution >= 4 is 17.5 Å². The summed E-state index contributed by atoms with van der Waals surface area (Å²) in [7, 11) is 0. The molecule has 0 aliphatic rings. The summed E-state index contributed by atoms with van der Waals surface area (Å²) >= 11 is 1.34. The van der Waals surface area contributed by atoms with Gasteiger partial charge in [-0.1, -0.05) is 49.0 Å². The number of carbonyl (C=O) groups is 1. The highest BCUT2D eigenvalue weighted by molar-refractivity contribution is 7.99. The molecule has 0 aliphatic carbocycles. The van der Waals surface area contributed by atoms with Gasteiger partial charge in [0.05, 0.1) is 5.75 Å². The molecule has 0 atom stereocenters. The van der Waals surface area contributed by atoms with Crippen LogP contribution in [-0.2, 0) is 13.0 Å². The molecule has 0 saturated carbocycles. The van der Waals surface area contributed by atoms with Gasteiger partial charge in [0.1, 0.15) is 5.82 Å². The number of carbonyl (C=O) groups excluding carboxylic acids is 1. The summed E-state index contributed by atoms with van der Waals surface area (Å²) in [5.41, 5.74) is 2.65. The molecular weight excluding hydrogens is 361 g/mol. The monoisotopic (exact) mass is 381 g/mol. The number of allylic oxidation sites excluding steroid dienone is 1. The van der Waals surface area contributed by atoms with E-state index in [0.717, 1.165) is 12.0 Å². The Hall–Kier alpha value is -2.73. The lowest BCUT2D eigenvalue weighted by Crippen LogP contribution is -2.05. The first kappa shape index (κ1) is 19.0. The normalized spacial score (nSPS) is 10.7. The first-order valence-corrected chi connectivity index (χ1v) is 9.66. The molecule has 0 bridgehead atoms. The Morgan fingerprint density at radius 1 is 1.15 bits per heavy atom. The van der Waals surface area contributed by atoms with E-state index < -0.39 is 0 Å². The zero-order chi connectivity index (χ0) is 19.2. The lowest BCUT2D eigenvalue weighted by Gasteiger charge is -2.08. The maximum atomic E-state index is 13.2. The van der Waals surface area contributed by atoms with Crippen molar-refractivity contribution in [2.24, 2.45) is 0 Å². The molecule has 0 fully saturated rings. The molecule has 27 heavy (non-hydrogen) atoms. The summed E-state index contributed by atoms with van der Waals surface area (Å²) in [6.45, 7) is 6.35. The molecule has 1 heterocycles. The van der Waals surface area contributed by atoms with Crippen LogP contribution in [0, 0.1) is 5.82 Å². The van der Waals surface area contributed by atoms with Gasteiger partial charge in [-0.15, -0.1) is 16.8 Å². The second-order valence-electron chi connectivity index (χ2n) is 5.97. The van der Waals surface area contributed by atoms with E-state index >= 15 is 0 Å². The fourth-order valence-corrected chi connectivity index (χ4v) is 3.48. The van der Waals surface area contributed by atoms with Crippen LogP contribution in [0.25, 0.3) is 11.4 Å². The molecule has 138 valence electrons. The van der Waals surface area contributed by atoms with Crippen LogP contribution in [0.3, 0.4) is 0 Å². The molecule has 3 aromatic rings. The van der Waals surface area contributed by atoms with Crippen LogP contribution in [0.1, 0.15) is 22.8 Å². The van der Waals surface area contributed by atoms with Crippen molar-refractivity contribution in [2.75, 3.05) is 5.75 Å². The van der Waals surface area contributed by atoms with Gasteiger partial charge in [0.25, 0.3) is 0 Å². The average Bonchev–Trinajstić information content (AvgIpc) is 3.09. The molecular formula is C21H20FN3OS. The predicted molar refractivity (Wildman–Crippen MR) is 106 cm³/mol. The van der Waals surface area contributed by atoms with E-state index in [2.05, 4.69) is 23.7 Å². The van der Waals surface area contributed by atoms with Crippen LogP contribution in [0.2, 0.25) is 0 Å². The summed E-state index contributed by atoms with van der Waals surface area (Å²) in [5.74, 6) is 0.628. The largest absolute Gasteiger partial charge is 0.298 e. The van der Waals surface area contributed by atoms with E-state index in [1.165, 1.54) is 29.5 Å². The van der Waals surface area contributed by atoms with Crippen molar-refractivity contribution in [3.8, 4) is 11.4 Å². The van der Waals surface area contributed by atoms with Crippen LogP contribution < -0.4 is 0 Å². The van der Waals surface area contributed by atoms with Gasteiger partial charge in [0.2, 0.25) is 0 Å². The number of aromatic nitrogens is 3. The van der Waals surface area contributed by atoms with E-state index in [1.54, 1.807) is 18.2 Å². The van der Waals surface area contributed by atoms with E-state index in [4.69, 9.17) is 0 Å². The number of Topliss-reactive ketones (excluding diaryl/α,β-unsaturated/α-hetero) is 1. The molecule has 6 heteroatoms. The second kappa shape index (κ2) is 8.77. The SMILES string of the molecule is C=CCn1c(SCC(=O)c2ccc(CC)cc2)nnc1-c1ccc(F)cc1. The van der Waals surface area contributed by atoms with Gasteiger partial charge in [0, 0.05) is 17.7 Å². The van der Waals surface area contributed by atoms with Gasteiger partial charge in [-0.2, -0.15) is 0 Å². The number of hydrogen-bond acceptors (Lipinski definition) is 4. The molecule has 0 radical (unpaired) electrons. The van der Waals surface area contributed by atoms with Crippen molar-refractivity contribution in [1.82, 2.24) is 14.8 Å². The van der Waals surface area contributed by atoms with Gasteiger partial charge in [-0.05, 0) is 36.2 Å². The lowest BCUT2D eigenvalue weighted by molar-refractivity contribution is 0.102. The number of hydrogen-bond donors (Lipinski definition) is 0. The Kier molecular flexibility index (Phi) is 6.19. The van der Waals surface area contributed by atoms with Gasteiger partial charge in [-0.25, -0.2) is 4.39 Å². The minimum atomic E-state index is -0.303. The molecule has 0 amide bonds. The van der Waals surface area contributed by atoms with E-state index in [9.17, 15) is 9.18 Å². The average molecular weight is 381 g/mol. The van der Waals surface area contributed by atoms with Gasteiger partial charge in [-0.3, -0.25) is 9.36 Å². The number of halogens is 1. The van der Waals surface area contributed by atoms with Crippen molar-refractivity contribution in [3.63, 3.8) is 0 Å². The predicted octanol–water partition coefficient (Wildman–Crippen LogP) is 4.81. The second-order valence-corrected chi connectivity index (χ2v) is 6.92. The first-order valence-electron chi connectivity index (χ1n) is 8.67. The van der Waals surface area contributed by atoms with Gasteiger partial charge >= 0.3 is 0 Å². The molecule has 0 saturated heterocycles. The Morgan fingerprint density at radius 2 is 1.85 bits per heavy atom. The number of aryl methyl sites for hydroxylation is 1. The highest BCUT2D eigenvalue weighted by Gasteiger charge is 2.15. The maximum Gasteiger partial charge on any atom is 0.192 e. The van der Waals surface area contributed by atoms with Gasteiger partial charge < -0.3 is 0 Å². The quantitative estimate of drug-likeness (QED) is 0.319. The molecule has 0 aliphatic heterocycles. The zero-order valence-electron chi connectivity index (χ0n) is 15.1. The topological polar surface area (TPSA) is 47.8 Å². The fraction of sp³-hybridized carbons (Fsp3) is 0.190. The number of ketones is 1. The molecule has 0 N–H and O–H groups in total. The molecule has 0 unspecified atom stereocenters. The van der Waals surface area contributed by atoms with E-state index in [0.29, 0.717) is 23.1 Å². The number of benzene rings is 2. The maximum absolute atomic E-state index is 13.2. The van der Waals surface area contributed by atoms with E-state index in [1.807, 2.05) is 28.8 Å². The van der Waals surface area contributed by atoms with Crippen LogP contribution >= 0.6 is 11.8 Å². The zero-order valence-corrected chi connectivity index (χ0v) is 15.9. The molecule has 3 rings (SSSR count). The highest BCUT2D eigenvalue weighted by Crippen LogP contribution is 2.25. The minimum Gasteiger partial charge on any atom is -0.298 e. The van der Waals surface area contributed by atoms with Crippen LogP contribution in [0.5, 0.6) is 0 Å². The Labute approximate surface area is 162 Å². The van der Waals surface area contributed by atoms with E-state index in [-0.39, 0.29) is 17.4 Å². The molecule has 4 nitrogen and oxygen atoms in total. The Balaban J connectivity index is 1.77. The van der Waals surface area contributed by atoms with Crippen molar-refractivity contribution in [2.45, 2.75) is 25.0 Å². The van der Waals surface area contributed by atoms with Gasteiger partial charge in [0.15, 0.2) is 16.8 Å².